The van der Waals surface area contributed by atoms with Crippen molar-refractivity contribution in [3.8, 4) is 0 Å². The molecule has 4 aliphatic rings. The number of esters is 2. The maximum atomic E-state index is 12.5. The van der Waals surface area contributed by atoms with E-state index in [4.69, 9.17) is 9.47 Å². The lowest BCUT2D eigenvalue weighted by Crippen LogP contribution is -2.53. The van der Waals surface area contributed by atoms with Crippen molar-refractivity contribution in [1.82, 2.24) is 0 Å². The number of Topliss-reactive ketones (excluding diaryl/α,β-unsaturated/α-hetero) is 1. The molecule has 0 radical (unpaired) electrons. The molecule has 1 aromatic rings. The molecule has 0 bridgehead atoms. The van der Waals surface area contributed by atoms with Crippen LogP contribution in [-0.2, 0) is 19.1 Å². The topological polar surface area (TPSA) is 69.7 Å². The van der Waals surface area contributed by atoms with E-state index >= 15 is 0 Å². The fourth-order valence-electron chi connectivity index (χ4n) is 8.88. The highest BCUT2D eigenvalue weighted by Gasteiger charge is 2.61. The van der Waals surface area contributed by atoms with E-state index in [1.165, 1.54) is 26.2 Å². The highest BCUT2D eigenvalue weighted by Crippen LogP contribution is 2.67. The van der Waals surface area contributed by atoms with Crippen molar-refractivity contribution in [2.45, 2.75) is 79.1 Å². The minimum atomic E-state index is -0.624. The largest absolute Gasteiger partial charge is 0.462 e. The molecule has 3 fully saturated rings. The van der Waals surface area contributed by atoms with Crippen LogP contribution in [0.3, 0.4) is 0 Å². The van der Waals surface area contributed by atoms with Crippen LogP contribution in [-0.4, -0.2) is 24.3 Å². The first-order chi connectivity index (χ1) is 17.6. The van der Waals surface area contributed by atoms with Crippen LogP contribution in [0.1, 0.15) is 89.4 Å². The number of fused-ring (bicyclic) bond motifs is 5. The Morgan fingerprint density at radius 2 is 1.86 bits per heavy atom. The predicted octanol–water partition coefficient (Wildman–Crippen LogP) is 6.76. The third kappa shape index (κ3) is 4.57. The van der Waals surface area contributed by atoms with Gasteiger partial charge in [0, 0.05) is 5.41 Å². The van der Waals surface area contributed by atoms with Gasteiger partial charge in [-0.3, -0.25) is 9.59 Å². The van der Waals surface area contributed by atoms with Crippen LogP contribution in [0.15, 0.2) is 42.2 Å². The molecule has 3 aliphatic carbocycles. The molecule has 37 heavy (non-hydrogen) atoms. The molecule has 0 amide bonds. The van der Waals surface area contributed by atoms with Crippen LogP contribution >= 0.6 is 0 Å². The smallest absolute Gasteiger partial charge is 0.338 e. The van der Waals surface area contributed by atoms with Gasteiger partial charge in [-0.15, -0.1) is 0 Å². The summed E-state index contributed by atoms with van der Waals surface area (Å²) in [6.45, 7) is 9.15. The normalized spacial score (nSPS) is 37.4. The van der Waals surface area contributed by atoms with Gasteiger partial charge in [0.2, 0.25) is 0 Å². The van der Waals surface area contributed by atoms with Crippen molar-refractivity contribution in [2.75, 3.05) is 6.61 Å². The summed E-state index contributed by atoms with van der Waals surface area (Å²) in [5.41, 5.74) is 0.703. The Morgan fingerprint density at radius 3 is 2.59 bits per heavy atom. The molecule has 5 rings (SSSR count). The van der Waals surface area contributed by atoms with Gasteiger partial charge in [-0.05, 0) is 112 Å². The molecule has 0 aromatic heterocycles. The molecule has 200 valence electrons. The van der Waals surface area contributed by atoms with Gasteiger partial charge >= 0.3 is 11.9 Å². The van der Waals surface area contributed by atoms with Crippen molar-refractivity contribution < 1.29 is 23.9 Å². The van der Waals surface area contributed by atoms with Gasteiger partial charge in [-0.1, -0.05) is 39.0 Å². The summed E-state index contributed by atoms with van der Waals surface area (Å²) in [6.07, 6.45) is 10.6. The standard InChI is InChI=1S/C32H42O5/c1-20(9-8-18-36-29(34)22-10-6-5-7-11-22)25-13-14-26-23-12-15-28-32(4,27(23)16-17-31(25,26)3)19-24(21(2)33)30(35)37-28/h5-7,10-11,15,20,23-27H,8-9,12-14,16-19H2,1-4H3/t20-,23+,24?,25-,26+,27+,31-,32-/m1/s1/i2+1,21+1. The molecule has 1 unspecified atom stereocenters. The van der Waals surface area contributed by atoms with E-state index in [1.54, 1.807) is 12.1 Å². The van der Waals surface area contributed by atoms with Crippen molar-refractivity contribution in [1.29, 1.82) is 0 Å². The van der Waals surface area contributed by atoms with E-state index in [9.17, 15) is 14.4 Å². The monoisotopic (exact) mass is 508 g/mol. The number of ketones is 1. The second-order valence-corrected chi connectivity index (χ2v) is 12.7. The van der Waals surface area contributed by atoms with Crippen molar-refractivity contribution in [3.63, 3.8) is 0 Å². The molecule has 5 nitrogen and oxygen atoms in total. The Balaban J connectivity index is 1.21. The van der Waals surface area contributed by atoms with Gasteiger partial charge in [0.05, 0.1) is 12.2 Å². The molecule has 1 saturated heterocycles. The molecule has 8 atom stereocenters. The minimum Gasteiger partial charge on any atom is -0.462 e. The van der Waals surface area contributed by atoms with Gasteiger partial charge in [-0.2, -0.15) is 0 Å². The predicted molar refractivity (Wildman–Crippen MR) is 141 cm³/mol. The van der Waals surface area contributed by atoms with Gasteiger partial charge < -0.3 is 9.47 Å². The Labute approximate surface area is 221 Å². The van der Waals surface area contributed by atoms with E-state index in [0.29, 0.717) is 53.6 Å². The van der Waals surface area contributed by atoms with Gasteiger partial charge in [-0.25, -0.2) is 4.79 Å². The zero-order valence-corrected chi connectivity index (χ0v) is 22.8. The van der Waals surface area contributed by atoms with E-state index in [0.717, 1.165) is 31.4 Å². The van der Waals surface area contributed by atoms with Crippen LogP contribution in [0.25, 0.3) is 0 Å². The van der Waals surface area contributed by atoms with Gasteiger partial charge in [0.15, 0.2) is 0 Å². The number of hydrogen-bond acceptors (Lipinski definition) is 5. The lowest BCUT2D eigenvalue weighted by molar-refractivity contribution is -0.162. The van der Waals surface area contributed by atoms with Crippen LogP contribution in [0.5, 0.6) is 0 Å². The van der Waals surface area contributed by atoms with Gasteiger partial charge in [0.25, 0.3) is 0 Å². The molecule has 2 saturated carbocycles. The average Bonchev–Trinajstić information content (AvgIpc) is 3.24. The zero-order valence-electron chi connectivity index (χ0n) is 22.8. The number of rotatable bonds is 7. The number of carbonyl (C=O) groups excluding carboxylic acids is 3. The molecule has 0 spiro atoms. The van der Waals surface area contributed by atoms with Crippen molar-refractivity contribution in [2.24, 2.45) is 46.3 Å². The van der Waals surface area contributed by atoms with Crippen LogP contribution < -0.4 is 0 Å². The molecule has 1 aromatic carbocycles. The first-order valence-electron chi connectivity index (χ1n) is 14.3. The Bertz CT molecular complexity index is 1080. The van der Waals surface area contributed by atoms with E-state index in [-0.39, 0.29) is 23.1 Å². The molecular formula is C32H42O5. The second kappa shape index (κ2) is 10.0. The summed E-state index contributed by atoms with van der Waals surface area (Å²) in [4.78, 5) is 36.9. The molecular weight excluding hydrogens is 466 g/mol. The summed E-state index contributed by atoms with van der Waals surface area (Å²) in [5.74, 6) is 2.51. The Kier molecular flexibility index (Phi) is 7.10. The fraction of sp³-hybridized carbons (Fsp3) is 0.656. The lowest BCUT2D eigenvalue weighted by atomic mass is 9.48. The molecule has 1 aliphatic heterocycles. The first-order valence-corrected chi connectivity index (χ1v) is 14.3. The van der Waals surface area contributed by atoms with E-state index in [1.807, 2.05) is 18.2 Å². The third-order valence-electron chi connectivity index (χ3n) is 10.8. The fourth-order valence-corrected chi connectivity index (χ4v) is 8.88. The number of benzene rings is 1. The van der Waals surface area contributed by atoms with Crippen LogP contribution in [0.4, 0.5) is 0 Å². The SMILES string of the molecule is C[C@H](CCCOC(=O)c1ccccc1)[C@H]1CC[C@H]2[C@@H]3CC=C4OC(=O)C([13C]([13CH3])=O)C[C@]4(C)[C@H]3CC[C@]12C. The van der Waals surface area contributed by atoms with Crippen LogP contribution in [0.2, 0.25) is 0 Å². The van der Waals surface area contributed by atoms with Gasteiger partial charge in [0.1, 0.15) is 17.5 Å². The highest BCUT2D eigenvalue weighted by atomic mass is 16.5. The third-order valence-corrected chi connectivity index (χ3v) is 10.8. The zero-order chi connectivity index (χ0) is 26.4. The maximum Gasteiger partial charge on any atom is 0.338 e. The summed E-state index contributed by atoms with van der Waals surface area (Å²) in [7, 11) is 0. The quantitative estimate of drug-likeness (QED) is 0.176. The Hall–Kier alpha value is -2.43. The number of ether oxygens (including phenoxy) is 2. The summed E-state index contributed by atoms with van der Waals surface area (Å²) in [5, 5.41) is 0. The van der Waals surface area contributed by atoms with Crippen molar-refractivity contribution >= 4 is 17.7 Å². The molecule has 1 heterocycles. The molecule has 5 heteroatoms. The summed E-state index contributed by atoms with van der Waals surface area (Å²) < 4.78 is 11.3. The number of hydrogen-bond donors (Lipinski definition) is 0. The lowest BCUT2D eigenvalue weighted by Gasteiger charge is -2.57. The second-order valence-electron chi connectivity index (χ2n) is 12.7. The van der Waals surface area contributed by atoms with E-state index < -0.39 is 5.92 Å². The number of carbonyl (C=O) groups is 3. The minimum absolute atomic E-state index is 0.0720. The Morgan fingerprint density at radius 1 is 1.11 bits per heavy atom. The first kappa shape index (κ1) is 26.2. The summed E-state index contributed by atoms with van der Waals surface area (Å²) >= 11 is 0. The highest BCUT2D eigenvalue weighted by molar-refractivity contribution is 5.98. The van der Waals surface area contributed by atoms with Crippen LogP contribution in [0, 0.1) is 46.3 Å². The average molecular weight is 509 g/mol. The maximum absolute atomic E-state index is 12.5. The molecule has 0 N–H and O–H groups in total. The van der Waals surface area contributed by atoms with Crippen molar-refractivity contribution in [3.05, 3.63) is 47.7 Å². The van der Waals surface area contributed by atoms with E-state index in [2.05, 4.69) is 26.8 Å². The number of allylic oxidation sites excluding steroid dienone is 2. The summed E-state index contributed by atoms with van der Waals surface area (Å²) in [6, 6.07) is 9.20.